The first-order chi connectivity index (χ1) is 14.7. The SMILES string of the molecule is C=Cc1c(NC(=O)N2CCc3c2cc(O)c2ccccc32)ccc2c1CCN2.CBr. The zero-order chi connectivity index (χ0) is 21.3. The summed E-state index contributed by atoms with van der Waals surface area (Å²) in [5.74, 6) is 2.01. The molecule has 5 nitrogen and oxygen atoms in total. The Balaban J connectivity index is 0.00000106. The van der Waals surface area contributed by atoms with Gasteiger partial charge in [0.25, 0.3) is 0 Å². The van der Waals surface area contributed by atoms with Gasteiger partial charge in [-0.3, -0.25) is 4.90 Å². The van der Waals surface area contributed by atoms with Crippen LogP contribution in [0, 0.1) is 0 Å². The van der Waals surface area contributed by atoms with E-state index in [0.29, 0.717) is 6.54 Å². The van der Waals surface area contributed by atoms with E-state index >= 15 is 0 Å². The fraction of sp³-hybridized carbons (Fsp3) is 0.208. The Hall–Kier alpha value is -2.99. The number of urea groups is 1. The Kier molecular flexibility index (Phi) is 5.68. The van der Waals surface area contributed by atoms with Crippen LogP contribution in [0.1, 0.15) is 16.7 Å². The Morgan fingerprint density at radius 3 is 2.70 bits per heavy atom. The lowest BCUT2D eigenvalue weighted by Gasteiger charge is -2.20. The van der Waals surface area contributed by atoms with Gasteiger partial charge in [-0.15, -0.1) is 0 Å². The molecule has 0 spiro atoms. The van der Waals surface area contributed by atoms with Crippen LogP contribution in [0.2, 0.25) is 0 Å². The van der Waals surface area contributed by atoms with Crippen LogP contribution in [0.5, 0.6) is 5.75 Å². The number of rotatable bonds is 2. The van der Waals surface area contributed by atoms with Crippen molar-refractivity contribution in [2.24, 2.45) is 0 Å². The molecule has 0 saturated carbocycles. The lowest BCUT2D eigenvalue weighted by molar-refractivity contribution is 0.257. The fourth-order valence-electron chi connectivity index (χ4n) is 4.41. The number of nitrogens with one attached hydrogen (secondary N) is 2. The van der Waals surface area contributed by atoms with Crippen LogP contribution in [0.25, 0.3) is 16.8 Å². The summed E-state index contributed by atoms with van der Waals surface area (Å²) in [5.41, 5.74) is 5.91. The van der Waals surface area contributed by atoms with E-state index in [-0.39, 0.29) is 11.8 Å². The van der Waals surface area contributed by atoms with E-state index in [0.717, 1.165) is 58.3 Å². The van der Waals surface area contributed by atoms with Crippen LogP contribution in [0.15, 0.2) is 49.0 Å². The van der Waals surface area contributed by atoms with Gasteiger partial charge in [0.15, 0.2) is 0 Å². The average Bonchev–Trinajstić information content (AvgIpc) is 3.42. The molecular formula is C24H24BrN3O2. The smallest absolute Gasteiger partial charge is 0.326 e. The molecule has 0 fully saturated rings. The van der Waals surface area contributed by atoms with Crippen molar-refractivity contribution in [3.8, 4) is 5.75 Å². The fourth-order valence-corrected chi connectivity index (χ4v) is 4.41. The number of phenols is 1. The summed E-state index contributed by atoms with van der Waals surface area (Å²) in [5, 5.41) is 18.7. The number of hydrogen-bond donors (Lipinski definition) is 3. The lowest BCUT2D eigenvalue weighted by atomic mass is 10.0. The van der Waals surface area contributed by atoms with E-state index in [1.165, 1.54) is 5.56 Å². The molecule has 2 aliphatic heterocycles. The number of carbonyl (C=O) groups is 1. The molecule has 0 bridgehead atoms. The predicted octanol–water partition coefficient (Wildman–Crippen LogP) is 5.76. The molecule has 2 heterocycles. The standard InChI is InChI=1S/C23H21N3O2.CH3Br/c1-2-14-16-9-11-24-19(16)7-8-20(14)25-23(28)26-12-10-17-15-5-3-4-6-18(15)22(27)13-21(17)26;1-2/h2-8,13,24,27H,1,9-12H2,(H,25,28);1H3. The molecule has 2 aliphatic rings. The lowest BCUT2D eigenvalue weighted by Crippen LogP contribution is -2.33. The molecule has 3 aromatic carbocycles. The summed E-state index contributed by atoms with van der Waals surface area (Å²) in [4.78, 5) is 14.8. The van der Waals surface area contributed by atoms with Crippen molar-refractivity contribution < 1.29 is 9.90 Å². The van der Waals surface area contributed by atoms with E-state index in [1.807, 2.05) is 42.2 Å². The maximum Gasteiger partial charge on any atom is 0.326 e. The van der Waals surface area contributed by atoms with E-state index in [1.54, 1.807) is 17.0 Å². The molecule has 6 heteroatoms. The van der Waals surface area contributed by atoms with E-state index in [2.05, 4.69) is 33.1 Å². The minimum absolute atomic E-state index is 0.192. The molecule has 2 amide bonds. The summed E-state index contributed by atoms with van der Waals surface area (Å²) in [6.45, 7) is 5.42. The largest absolute Gasteiger partial charge is 0.507 e. The quantitative estimate of drug-likeness (QED) is 0.421. The molecule has 0 radical (unpaired) electrons. The van der Waals surface area contributed by atoms with Crippen LogP contribution in [0.3, 0.4) is 0 Å². The first-order valence-corrected chi connectivity index (χ1v) is 11.5. The highest BCUT2D eigenvalue weighted by atomic mass is 79.9. The highest BCUT2D eigenvalue weighted by molar-refractivity contribution is 9.08. The van der Waals surface area contributed by atoms with Gasteiger partial charge in [-0.2, -0.15) is 0 Å². The molecule has 5 rings (SSSR count). The maximum atomic E-state index is 13.1. The molecule has 30 heavy (non-hydrogen) atoms. The van der Waals surface area contributed by atoms with Gasteiger partial charge in [0.1, 0.15) is 5.75 Å². The maximum absolute atomic E-state index is 13.1. The first kappa shape index (κ1) is 20.3. The van der Waals surface area contributed by atoms with Gasteiger partial charge in [-0.25, -0.2) is 4.79 Å². The van der Waals surface area contributed by atoms with Crippen LogP contribution in [-0.2, 0) is 12.8 Å². The van der Waals surface area contributed by atoms with Gasteiger partial charge in [0, 0.05) is 35.8 Å². The normalized spacial score (nSPS) is 13.7. The van der Waals surface area contributed by atoms with Gasteiger partial charge >= 0.3 is 6.03 Å². The second-order valence-corrected chi connectivity index (χ2v) is 7.20. The zero-order valence-corrected chi connectivity index (χ0v) is 18.4. The van der Waals surface area contributed by atoms with Crippen molar-refractivity contribution in [2.45, 2.75) is 12.8 Å². The van der Waals surface area contributed by atoms with Gasteiger partial charge in [-0.1, -0.05) is 52.9 Å². The van der Waals surface area contributed by atoms with Crippen molar-refractivity contribution >= 4 is 55.9 Å². The number of amides is 2. The zero-order valence-electron chi connectivity index (χ0n) is 16.8. The van der Waals surface area contributed by atoms with Gasteiger partial charge in [0.05, 0.1) is 11.4 Å². The number of anilines is 3. The highest BCUT2D eigenvalue weighted by Crippen LogP contribution is 2.40. The molecule has 0 aliphatic carbocycles. The van der Waals surface area contributed by atoms with Crippen LogP contribution in [-0.4, -0.2) is 30.1 Å². The Bertz CT molecular complexity index is 1140. The second-order valence-electron chi connectivity index (χ2n) is 7.20. The number of fused-ring (bicyclic) bond motifs is 4. The molecule has 0 aromatic heterocycles. The number of alkyl halides is 1. The third-order valence-electron chi connectivity index (χ3n) is 5.73. The predicted molar refractivity (Wildman–Crippen MR) is 129 cm³/mol. The van der Waals surface area contributed by atoms with Gasteiger partial charge in [-0.05, 0) is 47.3 Å². The Morgan fingerprint density at radius 2 is 1.93 bits per heavy atom. The third-order valence-corrected chi connectivity index (χ3v) is 5.73. The summed E-state index contributed by atoms with van der Waals surface area (Å²) < 4.78 is 0. The molecule has 154 valence electrons. The number of halogens is 1. The minimum atomic E-state index is -0.192. The van der Waals surface area contributed by atoms with Crippen LogP contribution < -0.4 is 15.5 Å². The Morgan fingerprint density at radius 1 is 1.17 bits per heavy atom. The van der Waals surface area contributed by atoms with Crippen molar-refractivity contribution in [2.75, 3.05) is 34.5 Å². The van der Waals surface area contributed by atoms with E-state index < -0.39 is 0 Å². The van der Waals surface area contributed by atoms with E-state index in [9.17, 15) is 9.90 Å². The molecule has 0 saturated heterocycles. The van der Waals surface area contributed by atoms with Crippen molar-refractivity contribution in [1.82, 2.24) is 0 Å². The summed E-state index contributed by atoms with van der Waals surface area (Å²) in [7, 11) is 0. The number of phenolic OH excluding ortho intramolecular Hbond substituents is 1. The van der Waals surface area contributed by atoms with Crippen molar-refractivity contribution in [3.63, 3.8) is 0 Å². The molecule has 0 unspecified atom stereocenters. The molecule has 0 atom stereocenters. The topological polar surface area (TPSA) is 64.6 Å². The Labute approximate surface area is 184 Å². The number of hydrogen-bond acceptors (Lipinski definition) is 3. The van der Waals surface area contributed by atoms with E-state index in [4.69, 9.17) is 0 Å². The summed E-state index contributed by atoms with van der Waals surface area (Å²) >= 11 is 2.94. The number of carbonyl (C=O) groups excluding carboxylic acids is 1. The number of aromatic hydroxyl groups is 1. The molecule has 3 N–H and O–H groups in total. The number of nitrogens with zero attached hydrogens (tertiary/aromatic N) is 1. The first-order valence-electron chi connectivity index (χ1n) is 9.89. The average molecular weight is 466 g/mol. The molecule has 3 aromatic rings. The number of benzene rings is 3. The van der Waals surface area contributed by atoms with Crippen molar-refractivity contribution in [1.29, 1.82) is 0 Å². The summed E-state index contributed by atoms with van der Waals surface area (Å²) in [6.07, 6.45) is 3.50. The minimum Gasteiger partial charge on any atom is -0.507 e. The second kappa shape index (κ2) is 8.40. The van der Waals surface area contributed by atoms with Gasteiger partial charge in [0.2, 0.25) is 0 Å². The molecular weight excluding hydrogens is 442 g/mol. The third kappa shape index (κ3) is 3.31. The highest BCUT2D eigenvalue weighted by Gasteiger charge is 2.28. The van der Waals surface area contributed by atoms with Crippen LogP contribution >= 0.6 is 15.9 Å². The monoisotopic (exact) mass is 465 g/mol. The van der Waals surface area contributed by atoms with Gasteiger partial charge < -0.3 is 15.7 Å². The summed E-state index contributed by atoms with van der Waals surface area (Å²) in [6, 6.07) is 13.2. The van der Waals surface area contributed by atoms with Crippen LogP contribution in [0.4, 0.5) is 21.9 Å². The van der Waals surface area contributed by atoms with Crippen molar-refractivity contribution in [3.05, 3.63) is 65.7 Å².